The Kier molecular flexibility index (Phi) is 42.6. The summed E-state index contributed by atoms with van der Waals surface area (Å²) in [4.78, 5) is 0. The van der Waals surface area contributed by atoms with Gasteiger partial charge in [0.1, 0.15) is 0 Å². The van der Waals surface area contributed by atoms with E-state index in [4.69, 9.17) is 0 Å². The quantitative estimate of drug-likeness (QED) is 0.181. The smallest absolute Gasteiger partial charge is 0.00916 e. The zero-order valence-electron chi connectivity index (χ0n) is 37.3. The minimum absolute atomic E-state index is 0.764. The van der Waals surface area contributed by atoms with Gasteiger partial charge in [-0.2, -0.15) is 0 Å². The summed E-state index contributed by atoms with van der Waals surface area (Å²) in [6.07, 6.45) is 36.4. The van der Waals surface area contributed by atoms with Crippen LogP contribution in [0, 0.1) is 5.92 Å². The van der Waals surface area contributed by atoms with Crippen LogP contribution in [0.4, 0.5) is 0 Å². The second kappa shape index (κ2) is 43.0. The van der Waals surface area contributed by atoms with Crippen LogP contribution in [0.25, 0.3) is 22.3 Å². The summed E-state index contributed by atoms with van der Waals surface area (Å²) >= 11 is 0. The Balaban J connectivity index is -0.000000985. The first-order valence-corrected chi connectivity index (χ1v) is 20.8. The minimum atomic E-state index is 0.764. The first kappa shape index (κ1) is 55.6. The van der Waals surface area contributed by atoms with Crippen molar-refractivity contribution >= 4 is 11.1 Å². The Bertz CT molecular complexity index is 1550. The van der Waals surface area contributed by atoms with E-state index < -0.39 is 0 Å². The van der Waals surface area contributed by atoms with Crippen LogP contribution in [0.2, 0.25) is 0 Å². The molecule has 0 bridgehead atoms. The van der Waals surface area contributed by atoms with Crippen LogP contribution >= 0.6 is 0 Å². The van der Waals surface area contributed by atoms with Gasteiger partial charge >= 0.3 is 0 Å². The maximum absolute atomic E-state index is 4.50. The molecule has 0 heterocycles. The van der Waals surface area contributed by atoms with Crippen molar-refractivity contribution in [2.75, 3.05) is 14.1 Å². The Morgan fingerprint density at radius 2 is 1.12 bits per heavy atom. The third kappa shape index (κ3) is 29.6. The van der Waals surface area contributed by atoms with Crippen LogP contribution in [0.3, 0.4) is 0 Å². The molecule has 3 aromatic carbocycles. The zero-order valence-corrected chi connectivity index (χ0v) is 37.3. The monoisotopic (exact) mass is 757 g/mol. The van der Waals surface area contributed by atoms with Crippen LogP contribution in [-0.2, 0) is 0 Å². The highest BCUT2D eigenvalue weighted by atomic mass is 14.4. The molecular weight excluding hydrogens is 677 g/mol. The van der Waals surface area contributed by atoms with Gasteiger partial charge in [0.05, 0.1) is 0 Å². The number of hydrogen-bond acceptors (Lipinski definition) is 2. The highest BCUT2D eigenvalue weighted by Crippen LogP contribution is 2.29. The predicted octanol–water partition coefficient (Wildman–Crippen LogP) is 16.0. The molecule has 0 saturated heterocycles. The maximum atomic E-state index is 4.50. The molecule has 4 N–H and O–H groups in total. The number of benzene rings is 3. The van der Waals surface area contributed by atoms with Crippen molar-refractivity contribution in [3.8, 4) is 11.1 Å². The lowest BCUT2D eigenvalue weighted by molar-refractivity contribution is 0.729. The molecule has 1 aliphatic carbocycles. The fraction of sp³-hybridized carbons (Fsp3) is 0.333. The van der Waals surface area contributed by atoms with E-state index in [0.717, 1.165) is 31.6 Å². The summed E-state index contributed by atoms with van der Waals surface area (Å²) in [5.74, 6) is 0.764. The van der Waals surface area contributed by atoms with Crippen molar-refractivity contribution in [2.45, 2.75) is 101 Å². The lowest BCUT2D eigenvalue weighted by atomic mass is 9.94. The van der Waals surface area contributed by atoms with E-state index in [2.05, 4.69) is 182 Å². The van der Waals surface area contributed by atoms with Gasteiger partial charge in [0, 0.05) is 0 Å². The lowest BCUT2D eigenvalue weighted by Gasteiger charge is -2.11. The van der Waals surface area contributed by atoms with Gasteiger partial charge in [0.2, 0.25) is 0 Å². The van der Waals surface area contributed by atoms with Crippen LogP contribution < -0.4 is 11.5 Å². The summed E-state index contributed by atoms with van der Waals surface area (Å²) in [7, 11) is 3.00. The topological polar surface area (TPSA) is 52.0 Å². The van der Waals surface area contributed by atoms with Gasteiger partial charge in [-0.1, -0.05) is 225 Å². The Morgan fingerprint density at radius 3 is 1.54 bits per heavy atom. The van der Waals surface area contributed by atoms with E-state index >= 15 is 0 Å². The molecule has 0 fully saturated rings. The lowest BCUT2D eigenvalue weighted by Crippen LogP contribution is -1.91. The fourth-order valence-electron chi connectivity index (χ4n) is 5.10. The zero-order chi connectivity index (χ0) is 42.7. The third-order valence-electron chi connectivity index (χ3n) is 7.49. The van der Waals surface area contributed by atoms with Crippen molar-refractivity contribution in [1.82, 2.24) is 0 Å². The van der Waals surface area contributed by atoms with E-state index in [9.17, 15) is 0 Å². The van der Waals surface area contributed by atoms with Gasteiger partial charge in [-0.3, -0.25) is 0 Å². The number of nitrogens with two attached hydrogens (primary N) is 2. The van der Waals surface area contributed by atoms with Crippen molar-refractivity contribution in [2.24, 2.45) is 17.4 Å². The van der Waals surface area contributed by atoms with Crippen LogP contribution in [0.15, 0.2) is 182 Å². The Labute approximate surface area is 346 Å². The van der Waals surface area contributed by atoms with Crippen LogP contribution in [0.5, 0.6) is 0 Å². The average Bonchev–Trinajstić information content (AvgIpc) is 3.25. The van der Waals surface area contributed by atoms with Gasteiger partial charge in [-0.05, 0) is 111 Å². The Hall–Kier alpha value is -4.76. The molecule has 0 spiro atoms. The molecule has 0 aromatic heterocycles. The minimum Gasteiger partial charge on any atom is -0.333 e. The second-order valence-corrected chi connectivity index (χ2v) is 12.2. The fourth-order valence-corrected chi connectivity index (χ4v) is 5.10. The SMILES string of the molecule is C=C/C=C\C=C/C/C(=C/C)c1cccc(-c2cccc(/C(=C\CC)C/C=C\C=C/CC)c2)c1.CC.CC1=CC(C)CC=C1.CCC.CN.CN.c1ccccc1. The third-order valence-corrected chi connectivity index (χ3v) is 7.49. The predicted molar refractivity (Wildman–Crippen MR) is 261 cm³/mol. The first-order chi connectivity index (χ1) is 27.4. The molecule has 0 amide bonds. The first-order valence-electron chi connectivity index (χ1n) is 20.8. The van der Waals surface area contributed by atoms with Crippen molar-refractivity contribution in [3.63, 3.8) is 0 Å². The van der Waals surface area contributed by atoms with E-state index in [0.29, 0.717) is 0 Å². The van der Waals surface area contributed by atoms with E-state index in [1.807, 2.05) is 62.4 Å². The molecule has 4 rings (SSSR count). The van der Waals surface area contributed by atoms with Crippen molar-refractivity contribution < 1.29 is 0 Å². The molecule has 306 valence electrons. The van der Waals surface area contributed by atoms with Crippen LogP contribution in [-0.4, -0.2) is 14.1 Å². The van der Waals surface area contributed by atoms with Crippen molar-refractivity contribution in [3.05, 3.63) is 193 Å². The maximum Gasteiger partial charge on any atom is -0.00916 e. The molecule has 1 atom stereocenters. The Morgan fingerprint density at radius 1 is 0.661 bits per heavy atom. The number of rotatable bonds is 12. The van der Waals surface area contributed by atoms with E-state index in [1.165, 1.54) is 65.9 Å². The van der Waals surface area contributed by atoms with Gasteiger partial charge in [-0.25, -0.2) is 0 Å². The second-order valence-electron chi connectivity index (χ2n) is 12.2. The van der Waals surface area contributed by atoms with E-state index in [1.54, 1.807) is 6.08 Å². The molecule has 3 aromatic rings. The summed E-state index contributed by atoms with van der Waals surface area (Å²) < 4.78 is 0. The normalized spacial score (nSPS) is 13.2. The van der Waals surface area contributed by atoms with Crippen molar-refractivity contribution in [1.29, 1.82) is 0 Å². The summed E-state index contributed by atoms with van der Waals surface area (Å²) in [5, 5.41) is 0. The number of allylic oxidation sites excluding steroid dienone is 17. The highest BCUT2D eigenvalue weighted by Gasteiger charge is 2.06. The summed E-state index contributed by atoms with van der Waals surface area (Å²) in [5.41, 5.74) is 18.2. The van der Waals surface area contributed by atoms with Crippen LogP contribution in [0.1, 0.15) is 112 Å². The van der Waals surface area contributed by atoms with Gasteiger partial charge in [0.15, 0.2) is 0 Å². The molecule has 2 heteroatoms. The largest absolute Gasteiger partial charge is 0.333 e. The molecule has 0 saturated carbocycles. The average molecular weight is 757 g/mol. The summed E-state index contributed by atoms with van der Waals surface area (Å²) in [6.45, 7) is 22.8. The molecule has 2 nitrogen and oxygen atoms in total. The molecule has 0 radical (unpaired) electrons. The molecule has 0 aliphatic heterocycles. The molecule has 56 heavy (non-hydrogen) atoms. The highest BCUT2D eigenvalue weighted by molar-refractivity contribution is 5.76. The number of hydrogen-bond donors (Lipinski definition) is 2. The molecule has 1 unspecified atom stereocenters. The standard InChI is InChI=1S/C33H38.C8H12.C6H6.C3H8.C2H6.2CH5N/c1-5-9-11-13-15-20-28(8-4)30-22-17-24-32(26-30)33-25-18-23-31(27-33)29(19-7-3)21-16-14-12-10-6-2;1-7-4-3-5-8(2)6-7;1-2-4-6-5-3-1;1-3-2;3*1-2/h5,8-19,22-27H,1,6-7,20-21H2,2-4H3;3-4,6,8H,5H2,1-2H3;1-6H;3H2,1-2H3;1-2H3;2*2H2,1H3/b11-9-,12-10-,15-13-,16-14-,28-8-,29-19-;;;;;;. The van der Waals surface area contributed by atoms with Gasteiger partial charge in [0.25, 0.3) is 0 Å². The molecule has 1 aliphatic rings. The van der Waals surface area contributed by atoms with E-state index in [-0.39, 0.29) is 0 Å². The van der Waals surface area contributed by atoms with Gasteiger partial charge in [-0.15, -0.1) is 0 Å². The molecular formula is C54H80N2. The summed E-state index contributed by atoms with van der Waals surface area (Å²) in [6, 6.07) is 29.8. The van der Waals surface area contributed by atoms with Gasteiger partial charge < -0.3 is 11.5 Å².